The van der Waals surface area contributed by atoms with Gasteiger partial charge in [-0.3, -0.25) is 4.79 Å². The van der Waals surface area contributed by atoms with Crippen molar-refractivity contribution in [2.75, 3.05) is 19.5 Å². The lowest BCUT2D eigenvalue weighted by molar-refractivity contribution is -0.142. The summed E-state index contributed by atoms with van der Waals surface area (Å²) >= 11 is 1.18. The number of methoxy groups -OCH3 is 1. The van der Waals surface area contributed by atoms with Gasteiger partial charge < -0.3 is 15.2 Å². The first-order valence-electron chi connectivity index (χ1n) is 6.03. The van der Waals surface area contributed by atoms with E-state index in [9.17, 15) is 9.59 Å². The Hall–Kier alpha value is -1.68. The number of tetrazole rings is 1. The number of carboxylic acid groups (broad SMARTS) is 1. The summed E-state index contributed by atoms with van der Waals surface area (Å²) < 4.78 is 6.43. The number of hydrogen-bond donors (Lipinski definition) is 2. The van der Waals surface area contributed by atoms with Gasteiger partial charge in [-0.15, -0.1) is 5.10 Å². The number of hydrogen-bond acceptors (Lipinski definition) is 7. The predicted octanol–water partition coefficient (Wildman–Crippen LogP) is -0.684. The minimum absolute atomic E-state index is 0.0561. The second-order valence-electron chi connectivity index (χ2n) is 4.34. The number of carbonyl (C=O) groups excluding carboxylic acids is 1. The van der Waals surface area contributed by atoms with Gasteiger partial charge in [-0.05, 0) is 23.3 Å². The van der Waals surface area contributed by atoms with Crippen LogP contribution in [0.1, 0.15) is 18.9 Å². The molecule has 2 rings (SSSR count). The summed E-state index contributed by atoms with van der Waals surface area (Å²) in [4.78, 5) is 22.6. The first-order chi connectivity index (χ1) is 9.61. The van der Waals surface area contributed by atoms with Crippen LogP contribution < -0.4 is 5.32 Å². The number of carbonyl (C=O) groups is 2. The van der Waals surface area contributed by atoms with Crippen LogP contribution >= 0.6 is 11.8 Å². The van der Waals surface area contributed by atoms with Crippen molar-refractivity contribution in [2.24, 2.45) is 0 Å². The number of aliphatic carboxylic acids is 1. The van der Waals surface area contributed by atoms with Gasteiger partial charge in [0.1, 0.15) is 0 Å². The highest BCUT2D eigenvalue weighted by Gasteiger charge is 2.28. The van der Waals surface area contributed by atoms with Crippen molar-refractivity contribution in [3.8, 4) is 0 Å². The Morgan fingerprint density at radius 2 is 2.35 bits per heavy atom. The van der Waals surface area contributed by atoms with E-state index in [1.165, 1.54) is 18.9 Å². The first kappa shape index (κ1) is 14.7. The highest BCUT2D eigenvalue weighted by molar-refractivity contribution is 7.99. The van der Waals surface area contributed by atoms with E-state index in [1.807, 2.05) is 0 Å². The topological polar surface area (TPSA) is 119 Å². The van der Waals surface area contributed by atoms with Crippen LogP contribution in [-0.4, -0.2) is 62.7 Å². The van der Waals surface area contributed by atoms with Crippen molar-refractivity contribution in [3.63, 3.8) is 0 Å². The fourth-order valence-corrected chi connectivity index (χ4v) is 2.29. The van der Waals surface area contributed by atoms with Gasteiger partial charge in [-0.2, -0.15) is 0 Å². The van der Waals surface area contributed by atoms with E-state index >= 15 is 0 Å². The monoisotopic (exact) mass is 301 g/mol. The molecular formula is C10H15N5O4S. The van der Waals surface area contributed by atoms with Crippen molar-refractivity contribution in [3.05, 3.63) is 0 Å². The molecule has 0 aromatic carbocycles. The van der Waals surface area contributed by atoms with Crippen molar-refractivity contribution in [2.45, 2.75) is 30.1 Å². The van der Waals surface area contributed by atoms with Gasteiger partial charge in [0.05, 0.1) is 18.4 Å². The number of rotatable bonds is 8. The number of aromatic nitrogens is 4. The quantitative estimate of drug-likeness (QED) is 0.606. The lowest BCUT2D eigenvalue weighted by Gasteiger charge is -2.12. The molecule has 2 N–H and O–H groups in total. The summed E-state index contributed by atoms with van der Waals surface area (Å²) in [7, 11) is 1.38. The molecule has 0 bridgehead atoms. The Bertz CT molecular complexity index is 490. The summed E-state index contributed by atoms with van der Waals surface area (Å²) in [6, 6.07) is -0.719. The molecule has 1 amide bonds. The lowest BCUT2D eigenvalue weighted by Crippen LogP contribution is -2.44. The largest absolute Gasteiger partial charge is 0.480 e. The first-order valence-corrected chi connectivity index (χ1v) is 7.02. The molecule has 9 nitrogen and oxygen atoms in total. The summed E-state index contributed by atoms with van der Waals surface area (Å²) in [6.07, 6.45) is 2.08. The molecule has 0 spiro atoms. The van der Waals surface area contributed by atoms with Gasteiger partial charge in [-0.25, -0.2) is 9.48 Å². The van der Waals surface area contributed by atoms with E-state index < -0.39 is 17.9 Å². The normalized spacial score (nSPS) is 15.8. The van der Waals surface area contributed by atoms with Gasteiger partial charge in [0.25, 0.3) is 0 Å². The molecule has 1 aromatic heterocycles. The smallest absolute Gasteiger partial charge is 0.328 e. The van der Waals surface area contributed by atoms with Crippen molar-refractivity contribution in [1.29, 1.82) is 0 Å². The maximum absolute atomic E-state index is 11.7. The predicted molar refractivity (Wildman–Crippen MR) is 68.3 cm³/mol. The third-order valence-corrected chi connectivity index (χ3v) is 3.59. The maximum Gasteiger partial charge on any atom is 0.328 e. The van der Waals surface area contributed by atoms with Crippen LogP contribution in [0.15, 0.2) is 5.16 Å². The number of nitrogens with one attached hydrogen (secondary N) is 1. The van der Waals surface area contributed by atoms with Crippen LogP contribution in [0.4, 0.5) is 0 Å². The van der Waals surface area contributed by atoms with Crippen LogP contribution in [0.3, 0.4) is 0 Å². The van der Waals surface area contributed by atoms with Crippen molar-refractivity contribution in [1.82, 2.24) is 25.5 Å². The summed E-state index contributed by atoms with van der Waals surface area (Å²) in [6.45, 7) is -0.0778. The van der Waals surface area contributed by atoms with Crippen LogP contribution in [0, 0.1) is 0 Å². The Morgan fingerprint density at radius 3 is 2.95 bits per heavy atom. The van der Waals surface area contributed by atoms with Gasteiger partial charge in [0.2, 0.25) is 11.1 Å². The average Bonchev–Trinajstić information content (AvgIpc) is 3.14. The van der Waals surface area contributed by atoms with E-state index in [0.29, 0.717) is 11.2 Å². The molecule has 1 unspecified atom stereocenters. The van der Waals surface area contributed by atoms with Gasteiger partial charge in [-0.1, -0.05) is 11.8 Å². The highest BCUT2D eigenvalue weighted by Crippen LogP contribution is 2.36. The zero-order chi connectivity index (χ0) is 14.5. The third kappa shape index (κ3) is 3.90. The maximum atomic E-state index is 11.7. The number of ether oxygens (including phenoxy) is 1. The standard InChI is InChI=1S/C10H15N5O4S/c1-19-4-7(9(17)18)11-8(16)5-20-10-12-13-14-15(10)6-2-3-6/h6-7H,2-5H2,1H3,(H,11,16)(H,17,18). The molecule has 1 aliphatic rings. The minimum atomic E-state index is -1.13. The molecule has 1 saturated carbocycles. The molecule has 1 heterocycles. The lowest BCUT2D eigenvalue weighted by atomic mass is 10.3. The van der Waals surface area contributed by atoms with E-state index in [2.05, 4.69) is 20.8 Å². The Morgan fingerprint density at radius 1 is 1.60 bits per heavy atom. The fourth-order valence-electron chi connectivity index (χ4n) is 1.54. The molecule has 10 heteroatoms. The fraction of sp³-hybridized carbons (Fsp3) is 0.700. The number of thioether (sulfide) groups is 1. The molecule has 0 saturated heterocycles. The number of amides is 1. The molecule has 1 fully saturated rings. The zero-order valence-electron chi connectivity index (χ0n) is 10.9. The Labute approximate surface area is 119 Å². The molecule has 1 aromatic rings. The molecule has 110 valence electrons. The summed E-state index contributed by atoms with van der Waals surface area (Å²) in [5, 5.41) is 23.1. The van der Waals surface area contributed by atoms with E-state index in [-0.39, 0.29) is 12.4 Å². The SMILES string of the molecule is COCC(NC(=O)CSc1nnnn1C1CC1)C(=O)O. The number of nitrogens with zero attached hydrogens (tertiary/aromatic N) is 4. The van der Waals surface area contributed by atoms with E-state index in [1.54, 1.807) is 4.68 Å². The van der Waals surface area contributed by atoms with Crippen molar-refractivity contribution >= 4 is 23.6 Å². The molecule has 1 atom stereocenters. The molecule has 0 radical (unpaired) electrons. The summed E-state index contributed by atoms with van der Waals surface area (Å²) in [5.74, 6) is -1.47. The second kappa shape index (κ2) is 6.66. The highest BCUT2D eigenvalue weighted by atomic mass is 32.2. The third-order valence-electron chi connectivity index (χ3n) is 2.65. The molecule has 0 aliphatic heterocycles. The van der Waals surface area contributed by atoms with Crippen LogP contribution in [-0.2, 0) is 14.3 Å². The Balaban J connectivity index is 1.82. The molecule has 20 heavy (non-hydrogen) atoms. The van der Waals surface area contributed by atoms with Gasteiger partial charge >= 0.3 is 5.97 Å². The van der Waals surface area contributed by atoms with E-state index in [0.717, 1.165) is 12.8 Å². The number of carboxylic acids is 1. The van der Waals surface area contributed by atoms with Gasteiger partial charge in [0, 0.05) is 7.11 Å². The van der Waals surface area contributed by atoms with Crippen LogP contribution in [0.2, 0.25) is 0 Å². The minimum Gasteiger partial charge on any atom is -0.480 e. The Kier molecular flexibility index (Phi) is 4.90. The average molecular weight is 301 g/mol. The molecular weight excluding hydrogens is 286 g/mol. The van der Waals surface area contributed by atoms with Crippen molar-refractivity contribution < 1.29 is 19.4 Å². The van der Waals surface area contributed by atoms with Crippen LogP contribution in [0.5, 0.6) is 0 Å². The zero-order valence-corrected chi connectivity index (χ0v) is 11.7. The van der Waals surface area contributed by atoms with Gasteiger partial charge in [0.15, 0.2) is 6.04 Å². The van der Waals surface area contributed by atoms with Crippen LogP contribution in [0.25, 0.3) is 0 Å². The second-order valence-corrected chi connectivity index (χ2v) is 5.28. The van der Waals surface area contributed by atoms with E-state index in [4.69, 9.17) is 9.84 Å². The molecule has 1 aliphatic carbocycles. The summed E-state index contributed by atoms with van der Waals surface area (Å²) in [5.41, 5.74) is 0.